The number of aryl methyl sites for hydroxylation is 1. The van der Waals surface area contributed by atoms with E-state index in [1.165, 1.54) is 5.56 Å². The zero-order chi connectivity index (χ0) is 15.9. The van der Waals surface area contributed by atoms with Gasteiger partial charge in [0.05, 0.1) is 0 Å². The Hall–Kier alpha value is -2.88. The molecule has 1 aromatic heterocycles. The molecule has 0 aliphatic heterocycles. The van der Waals surface area contributed by atoms with E-state index in [0.29, 0.717) is 19.1 Å². The Labute approximate surface area is 136 Å². The van der Waals surface area contributed by atoms with Crippen LogP contribution in [0.25, 0.3) is 0 Å². The van der Waals surface area contributed by atoms with Gasteiger partial charge in [0.1, 0.15) is 12.4 Å². The van der Waals surface area contributed by atoms with Crippen LogP contribution in [0.5, 0.6) is 5.75 Å². The number of aromatic nitrogens is 2. The van der Waals surface area contributed by atoms with E-state index in [9.17, 15) is 0 Å². The van der Waals surface area contributed by atoms with Gasteiger partial charge in [-0.05, 0) is 35.7 Å². The molecule has 1 heterocycles. The Balaban J connectivity index is 1.54. The predicted molar refractivity (Wildman–Crippen MR) is 91.3 cm³/mol. The van der Waals surface area contributed by atoms with Crippen LogP contribution in [0.3, 0.4) is 0 Å². The van der Waals surface area contributed by atoms with Gasteiger partial charge in [0.25, 0.3) is 0 Å². The van der Waals surface area contributed by atoms with E-state index < -0.39 is 0 Å². The van der Waals surface area contributed by atoms with Gasteiger partial charge in [0.2, 0.25) is 5.95 Å². The van der Waals surface area contributed by atoms with Gasteiger partial charge in [0, 0.05) is 18.9 Å². The standard InChI is InChI=1S/C19H19N3O/c1-15-5-2-3-6-18(15)23-14-17-9-7-16(8-10-17)13-22-19-20-11-4-12-21-19/h2-12H,13-14H2,1H3,(H,20,21,22). The Kier molecular flexibility index (Phi) is 4.84. The molecule has 1 N–H and O–H groups in total. The molecule has 0 amide bonds. The van der Waals surface area contributed by atoms with Crippen molar-refractivity contribution in [3.8, 4) is 5.75 Å². The third kappa shape index (κ3) is 4.30. The van der Waals surface area contributed by atoms with Crippen LogP contribution in [-0.4, -0.2) is 9.97 Å². The molecule has 116 valence electrons. The minimum atomic E-state index is 0.570. The molecule has 3 rings (SSSR count). The van der Waals surface area contributed by atoms with Crippen molar-refractivity contribution in [2.45, 2.75) is 20.1 Å². The SMILES string of the molecule is Cc1ccccc1OCc1ccc(CNc2ncccn2)cc1. The van der Waals surface area contributed by atoms with Crippen molar-refractivity contribution < 1.29 is 4.74 Å². The molecule has 4 nitrogen and oxygen atoms in total. The maximum Gasteiger partial charge on any atom is 0.222 e. The summed E-state index contributed by atoms with van der Waals surface area (Å²) in [5.41, 5.74) is 3.47. The average Bonchev–Trinajstić information content (AvgIpc) is 2.61. The molecule has 0 saturated heterocycles. The number of nitrogens with zero attached hydrogens (tertiary/aromatic N) is 2. The first-order chi connectivity index (χ1) is 11.3. The van der Waals surface area contributed by atoms with Crippen LogP contribution < -0.4 is 10.1 Å². The molecule has 0 fully saturated rings. The number of nitrogens with one attached hydrogen (secondary N) is 1. The Morgan fingerprint density at radius 1 is 0.870 bits per heavy atom. The summed E-state index contributed by atoms with van der Waals surface area (Å²) in [4.78, 5) is 8.28. The third-order valence-corrected chi connectivity index (χ3v) is 3.53. The van der Waals surface area contributed by atoms with Gasteiger partial charge in [-0.3, -0.25) is 0 Å². The highest BCUT2D eigenvalue weighted by atomic mass is 16.5. The molecule has 3 aromatic rings. The van der Waals surface area contributed by atoms with Crippen molar-refractivity contribution in [2.24, 2.45) is 0 Å². The summed E-state index contributed by atoms with van der Waals surface area (Å²) >= 11 is 0. The van der Waals surface area contributed by atoms with Gasteiger partial charge >= 0.3 is 0 Å². The van der Waals surface area contributed by atoms with Crippen molar-refractivity contribution in [3.05, 3.63) is 83.7 Å². The highest BCUT2D eigenvalue weighted by Crippen LogP contribution is 2.18. The molecule has 4 heteroatoms. The fourth-order valence-corrected chi connectivity index (χ4v) is 2.20. The van der Waals surface area contributed by atoms with E-state index in [2.05, 4.69) is 52.5 Å². The molecule has 0 atom stereocenters. The maximum absolute atomic E-state index is 5.86. The van der Waals surface area contributed by atoms with E-state index >= 15 is 0 Å². The van der Waals surface area contributed by atoms with Gasteiger partial charge < -0.3 is 10.1 Å². The van der Waals surface area contributed by atoms with Crippen LogP contribution in [-0.2, 0) is 13.2 Å². The minimum Gasteiger partial charge on any atom is -0.489 e. The number of rotatable bonds is 6. The van der Waals surface area contributed by atoms with Crippen LogP contribution >= 0.6 is 0 Å². The Morgan fingerprint density at radius 2 is 1.57 bits per heavy atom. The first kappa shape index (κ1) is 15.0. The highest BCUT2D eigenvalue weighted by Gasteiger charge is 2.00. The fraction of sp³-hybridized carbons (Fsp3) is 0.158. The van der Waals surface area contributed by atoms with Crippen LogP contribution in [0.15, 0.2) is 67.0 Å². The zero-order valence-electron chi connectivity index (χ0n) is 13.1. The highest BCUT2D eigenvalue weighted by molar-refractivity contribution is 5.32. The molecule has 0 saturated carbocycles. The zero-order valence-corrected chi connectivity index (χ0v) is 13.1. The lowest BCUT2D eigenvalue weighted by Crippen LogP contribution is -2.03. The summed E-state index contributed by atoms with van der Waals surface area (Å²) in [6.45, 7) is 3.32. The summed E-state index contributed by atoms with van der Waals surface area (Å²) in [7, 11) is 0. The maximum atomic E-state index is 5.86. The molecule has 0 spiro atoms. The molecule has 0 aliphatic carbocycles. The van der Waals surface area contributed by atoms with E-state index in [-0.39, 0.29) is 0 Å². The minimum absolute atomic E-state index is 0.570. The van der Waals surface area contributed by atoms with Crippen LogP contribution in [0.2, 0.25) is 0 Å². The molecule has 0 bridgehead atoms. The van der Waals surface area contributed by atoms with E-state index in [1.54, 1.807) is 18.5 Å². The van der Waals surface area contributed by atoms with Crippen molar-refractivity contribution in [3.63, 3.8) is 0 Å². The first-order valence-electron chi connectivity index (χ1n) is 7.58. The summed E-state index contributed by atoms with van der Waals surface area (Å²) in [6.07, 6.45) is 3.45. The molecule has 0 unspecified atom stereocenters. The van der Waals surface area contributed by atoms with Gasteiger partial charge in [0.15, 0.2) is 0 Å². The predicted octanol–water partition coefficient (Wildman–Crippen LogP) is 3.98. The smallest absolute Gasteiger partial charge is 0.222 e. The van der Waals surface area contributed by atoms with Crippen LogP contribution in [0.1, 0.15) is 16.7 Å². The molecule has 23 heavy (non-hydrogen) atoms. The normalized spacial score (nSPS) is 10.3. The summed E-state index contributed by atoms with van der Waals surface area (Å²) < 4.78 is 5.86. The second-order valence-electron chi connectivity index (χ2n) is 5.30. The number of para-hydroxylation sites is 1. The second kappa shape index (κ2) is 7.40. The number of ether oxygens (including phenoxy) is 1. The van der Waals surface area contributed by atoms with E-state index in [1.807, 2.05) is 18.2 Å². The van der Waals surface area contributed by atoms with Crippen molar-refractivity contribution in [1.82, 2.24) is 9.97 Å². The Morgan fingerprint density at radius 3 is 2.30 bits per heavy atom. The molecular weight excluding hydrogens is 286 g/mol. The first-order valence-corrected chi connectivity index (χ1v) is 7.58. The van der Waals surface area contributed by atoms with Gasteiger partial charge in [-0.15, -0.1) is 0 Å². The molecule has 2 aromatic carbocycles. The number of benzene rings is 2. The number of anilines is 1. The molecule has 0 aliphatic rings. The number of hydrogen-bond acceptors (Lipinski definition) is 4. The van der Waals surface area contributed by atoms with E-state index in [0.717, 1.165) is 16.9 Å². The van der Waals surface area contributed by atoms with Crippen LogP contribution in [0.4, 0.5) is 5.95 Å². The third-order valence-electron chi connectivity index (χ3n) is 3.53. The lowest BCUT2D eigenvalue weighted by molar-refractivity contribution is 0.304. The summed E-state index contributed by atoms with van der Waals surface area (Å²) in [6, 6.07) is 18.2. The number of hydrogen-bond donors (Lipinski definition) is 1. The topological polar surface area (TPSA) is 47.0 Å². The van der Waals surface area contributed by atoms with E-state index in [4.69, 9.17) is 4.74 Å². The molecular formula is C19H19N3O. The average molecular weight is 305 g/mol. The van der Waals surface area contributed by atoms with Gasteiger partial charge in [-0.25, -0.2) is 9.97 Å². The quantitative estimate of drug-likeness (QED) is 0.748. The van der Waals surface area contributed by atoms with Gasteiger partial charge in [-0.2, -0.15) is 0 Å². The van der Waals surface area contributed by atoms with Crippen molar-refractivity contribution in [2.75, 3.05) is 5.32 Å². The lowest BCUT2D eigenvalue weighted by Gasteiger charge is -2.09. The monoisotopic (exact) mass is 305 g/mol. The van der Waals surface area contributed by atoms with Crippen molar-refractivity contribution in [1.29, 1.82) is 0 Å². The van der Waals surface area contributed by atoms with Crippen molar-refractivity contribution >= 4 is 5.95 Å². The van der Waals surface area contributed by atoms with Crippen LogP contribution in [0, 0.1) is 6.92 Å². The second-order valence-corrected chi connectivity index (χ2v) is 5.30. The summed E-state index contributed by atoms with van der Waals surface area (Å²) in [5.74, 6) is 1.57. The largest absolute Gasteiger partial charge is 0.489 e. The van der Waals surface area contributed by atoms with Gasteiger partial charge in [-0.1, -0.05) is 42.5 Å². The Bertz CT molecular complexity index is 742. The summed E-state index contributed by atoms with van der Waals surface area (Å²) in [5, 5.41) is 3.19. The fourth-order valence-electron chi connectivity index (χ4n) is 2.20. The molecule has 0 radical (unpaired) electrons. The lowest BCUT2D eigenvalue weighted by atomic mass is 10.1.